The third-order valence-electron chi connectivity index (χ3n) is 3.15. The van der Waals surface area contributed by atoms with Gasteiger partial charge >= 0.3 is 0 Å². The molecule has 0 atom stereocenters. The second-order valence-corrected chi connectivity index (χ2v) is 5.70. The van der Waals surface area contributed by atoms with E-state index >= 15 is 0 Å². The molecule has 1 aliphatic rings. The summed E-state index contributed by atoms with van der Waals surface area (Å²) < 4.78 is 0. The van der Waals surface area contributed by atoms with Crippen LogP contribution in [-0.2, 0) is 11.3 Å². The average molecular weight is 252 g/mol. The maximum Gasteiger partial charge on any atom is 0.244 e. The summed E-state index contributed by atoms with van der Waals surface area (Å²) in [5, 5.41) is 0. The lowest BCUT2D eigenvalue weighted by Crippen LogP contribution is -2.42. The Hall–Kier alpha value is -1.02. The standard InChI is InChI=1S/C14H18ClNO/c1-11(2)16(13(17)14(15)8-9-14)10-12-6-4-3-5-7-12/h3-7,11H,8-10H2,1-2H3. The molecule has 1 aromatic carbocycles. The van der Waals surface area contributed by atoms with Crippen molar-refractivity contribution in [1.82, 2.24) is 4.90 Å². The van der Waals surface area contributed by atoms with Crippen LogP contribution in [0.4, 0.5) is 0 Å². The van der Waals surface area contributed by atoms with Crippen molar-refractivity contribution in [2.45, 2.75) is 44.1 Å². The van der Waals surface area contributed by atoms with Gasteiger partial charge in [-0.05, 0) is 32.3 Å². The summed E-state index contributed by atoms with van der Waals surface area (Å²) >= 11 is 6.21. The van der Waals surface area contributed by atoms with Crippen LogP contribution in [0.5, 0.6) is 0 Å². The fourth-order valence-electron chi connectivity index (χ4n) is 1.85. The third kappa shape index (κ3) is 2.81. The highest BCUT2D eigenvalue weighted by atomic mass is 35.5. The van der Waals surface area contributed by atoms with Crippen LogP contribution in [0, 0.1) is 0 Å². The van der Waals surface area contributed by atoms with Crippen molar-refractivity contribution in [3.05, 3.63) is 35.9 Å². The van der Waals surface area contributed by atoms with Gasteiger partial charge in [-0.1, -0.05) is 30.3 Å². The van der Waals surface area contributed by atoms with E-state index in [4.69, 9.17) is 11.6 Å². The molecule has 3 heteroatoms. The first-order valence-electron chi connectivity index (χ1n) is 6.07. The topological polar surface area (TPSA) is 20.3 Å². The van der Waals surface area contributed by atoms with Crippen molar-refractivity contribution < 1.29 is 4.79 Å². The van der Waals surface area contributed by atoms with Crippen molar-refractivity contribution >= 4 is 17.5 Å². The van der Waals surface area contributed by atoms with Crippen LogP contribution in [0.1, 0.15) is 32.3 Å². The number of halogens is 1. The number of carbonyl (C=O) groups excluding carboxylic acids is 1. The molecular formula is C14H18ClNO. The molecule has 0 N–H and O–H groups in total. The molecule has 1 saturated carbocycles. The van der Waals surface area contributed by atoms with Gasteiger partial charge in [-0.2, -0.15) is 0 Å². The SMILES string of the molecule is CC(C)N(Cc1ccccc1)C(=O)C1(Cl)CC1. The summed E-state index contributed by atoms with van der Waals surface area (Å²) in [5.41, 5.74) is 1.15. The van der Waals surface area contributed by atoms with E-state index in [1.165, 1.54) is 0 Å². The van der Waals surface area contributed by atoms with Crippen molar-refractivity contribution in [1.29, 1.82) is 0 Å². The van der Waals surface area contributed by atoms with E-state index in [0.717, 1.165) is 18.4 Å². The molecule has 0 radical (unpaired) electrons. The van der Waals surface area contributed by atoms with E-state index in [1.54, 1.807) is 0 Å². The summed E-state index contributed by atoms with van der Waals surface area (Å²) in [5.74, 6) is 0.0815. The molecule has 0 aliphatic heterocycles. The van der Waals surface area contributed by atoms with Gasteiger partial charge in [0.25, 0.3) is 0 Å². The van der Waals surface area contributed by atoms with E-state index in [1.807, 2.05) is 49.1 Å². The number of carbonyl (C=O) groups is 1. The zero-order valence-corrected chi connectivity index (χ0v) is 11.1. The molecule has 1 aliphatic carbocycles. The summed E-state index contributed by atoms with van der Waals surface area (Å²) in [6.07, 6.45) is 1.62. The number of hydrogen-bond acceptors (Lipinski definition) is 1. The normalized spacial score (nSPS) is 16.9. The number of amides is 1. The van der Waals surface area contributed by atoms with E-state index in [-0.39, 0.29) is 11.9 Å². The zero-order valence-electron chi connectivity index (χ0n) is 10.3. The van der Waals surface area contributed by atoms with Gasteiger partial charge in [0, 0.05) is 12.6 Å². The van der Waals surface area contributed by atoms with Gasteiger partial charge in [0.15, 0.2) is 0 Å². The minimum atomic E-state index is -0.598. The summed E-state index contributed by atoms with van der Waals surface area (Å²) in [6.45, 7) is 4.71. The highest BCUT2D eigenvalue weighted by Crippen LogP contribution is 2.44. The Labute approximate surface area is 108 Å². The first kappa shape index (κ1) is 12.4. The van der Waals surface area contributed by atoms with Crippen LogP contribution < -0.4 is 0 Å². The molecular weight excluding hydrogens is 234 g/mol. The number of nitrogens with zero attached hydrogens (tertiary/aromatic N) is 1. The maximum absolute atomic E-state index is 12.3. The average Bonchev–Trinajstić information content (AvgIpc) is 3.06. The smallest absolute Gasteiger partial charge is 0.244 e. The van der Waals surface area contributed by atoms with Crippen LogP contribution in [0.15, 0.2) is 30.3 Å². The van der Waals surface area contributed by atoms with E-state index in [2.05, 4.69) is 0 Å². The van der Waals surface area contributed by atoms with Crippen LogP contribution in [0.25, 0.3) is 0 Å². The molecule has 0 saturated heterocycles. The van der Waals surface area contributed by atoms with Gasteiger partial charge in [0.1, 0.15) is 4.87 Å². The Balaban J connectivity index is 2.11. The van der Waals surface area contributed by atoms with Gasteiger partial charge in [-0.3, -0.25) is 4.79 Å². The number of benzene rings is 1. The lowest BCUT2D eigenvalue weighted by atomic mass is 10.1. The van der Waals surface area contributed by atoms with E-state index in [0.29, 0.717) is 6.54 Å². The molecule has 1 aromatic rings. The fraction of sp³-hybridized carbons (Fsp3) is 0.500. The first-order valence-corrected chi connectivity index (χ1v) is 6.45. The van der Waals surface area contributed by atoms with Gasteiger partial charge in [-0.25, -0.2) is 0 Å². The van der Waals surface area contributed by atoms with Crippen molar-refractivity contribution in [2.24, 2.45) is 0 Å². The highest BCUT2D eigenvalue weighted by molar-refractivity contribution is 6.37. The van der Waals surface area contributed by atoms with Crippen molar-refractivity contribution in [3.63, 3.8) is 0 Å². The molecule has 2 rings (SSSR count). The Morgan fingerprint density at radius 1 is 1.35 bits per heavy atom. The molecule has 0 aromatic heterocycles. The maximum atomic E-state index is 12.3. The Morgan fingerprint density at radius 3 is 2.41 bits per heavy atom. The molecule has 2 nitrogen and oxygen atoms in total. The molecule has 0 unspecified atom stereocenters. The second-order valence-electron chi connectivity index (χ2n) is 4.98. The van der Waals surface area contributed by atoms with Crippen LogP contribution >= 0.6 is 11.6 Å². The first-order chi connectivity index (χ1) is 8.03. The van der Waals surface area contributed by atoms with Gasteiger partial charge < -0.3 is 4.90 Å². The van der Waals surface area contributed by atoms with Crippen molar-refractivity contribution in [2.75, 3.05) is 0 Å². The molecule has 0 spiro atoms. The van der Waals surface area contributed by atoms with Crippen LogP contribution in [0.2, 0.25) is 0 Å². The van der Waals surface area contributed by atoms with Gasteiger partial charge in [-0.15, -0.1) is 11.6 Å². The fourth-order valence-corrected chi connectivity index (χ4v) is 2.05. The molecule has 1 fully saturated rings. The summed E-state index contributed by atoms with van der Waals surface area (Å²) in [6, 6.07) is 10.2. The van der Waals surface area contributed by atoms with Gasteiger partial charge in [0.05, 0.1) is 0 Å². The monoisotopic (exact) mass is 251 g/mol. The largest absolute Gasteiger partial charge is 0.334 e. The van der Waals surface area contributed by atoms with E-state index in [9.17, 15) is 4.79 Å². The van der Waals surface area contributed by atoms with Crippen LogP contribution in [0.3, 0.4) is 0 Å². The third-order valence-corrected chi connectivity index (χ3v) is 3.69. The summed E-state index contributed by atoms with van der Waals surface area (Å²) in [7, 11) is 0. The molecule has 17 heavy (non-hydrogen) atoms. The predicted molar refractivity (Wildman–Crippen MR) is 69.9 cm³/mol. The Morgan fingerprint density at radius 2 is 1.94 bits per heavy atom. The Kier molecular flexibility index (Phi) is 3.43. The lowest BCUT2D eigenvalue weighted by Gasteiger charge is -2.29. The van der Waals surface area contributed by atoms with Crippen LogP contribution in [-0.4, -0.2) is 21.7 Å². The quantitative estimate of drug-likeness (QED) is 0.753. The zero-order chi connectivity index (χ0) is 12.5. The molecule has 1 amide bonds. The number of hydrogen-bond donors (Lipinski definition) is 0. The molecule has 0 bridgehead atoms. The predicted octanol–water partition coefficient (Wildman–Crippen LogP) is 3.20. The molecule has 0 heterocycles. The summed E-state index contributed by atoms with van der Waals surface area (Å²) in [4.78, 5) is 13.5. The minimum absolute atomic E-state index is 0.0815. The highest BCUT2D eigenvalue weighted by Gasteiger charge is 2.50. The van der Waals surface area contributed by atoms with Crippen molar-refractivity contribution in [3.8, 4) is 0 Å². The lowest BCUT2D eigenvalue weighted by molar-refractivity contribution is -0.134. The van der Waals surface area contributed by atoms with E-state index < -0.39 is 4.87 Å². The molecule has 92 valence electrons. The second kappa shape index (κ2) is 4.69. The number of alkyl halides is 1. The number of rotatable bonds is 4. The van der Waals surface area contributed by atoms with Gasteiger partial charge in [0.2, 0.25) is 5.91 Å². The minimum Gasteiger partial charge on any atom is -0.334 e. The Bertz CT molecular complexity index is 398.